The fourth-order valence-electron chi connectivity index (χ4n) is 11.7. The first-order valence-electron chi connectivity index (χ1n) is 25.2. The van der Waals surface area contributed by atoms with Crippen LogP contribution in [0.2, 0.25) is 0 Å². The van der Waals surface area contributed by atoms with Crippen LogP contribution in [0.15, 0.2) is 267 Å². The zero-order valence-corrected chi connectivity index (χ0v) is 40.4. The summed E-state index contributed by atoms with van der Waals surface area (Å²) in [5, 5.41) is 12.3. The molecule has 0 bridgehead atoms. The molecule has 2 aromatic heterocycles. The highest BCUT2D eigenvalue weighted by Gasteiger charge is 2.21. The van der Waals surface area contributed by atoms with Crippen molar-refractivity contribution in [3.05, 3.63) is 278 Å². The summed E-state index contributed by atoms with van der Waals surface area (Å²) >= 11 is 0. The molecule has 2 heterocycles. The van der Waals surface area contributed by atoms with Gasteiger partial charge in [-0.1, -0.05) is 200 Å². The van der Waals surface area contributed by atoms with Crippen LogP contribution >= 0.6 is 0 Å². The number of nitrogens with zero attached hydrogens (tertiary/aromatic N) is 2. The minimum atomic E-state index is 1.16. The molecule has 0 atom stereocenters. The minimum Gasteiger partial charge on any atom is -0.309 e. The van der Waals surface area contributed by atoms with E-state index >= 15 is 0 Å². The number of aromatic nitrogens is 2. The first kappa shape index (κ1) is 42.4. The van der Waals surface area contributed by atoms with E-state index < -0.39 is 0 Å². The molecule has 73 heavy (non-hydrogen) atoms. The van der Waals surface area contributed by atoms with Crippen LogP contribution in [0.25, 0.3) is 132 Å². The lowest BCUT2D eigenvalue weighted by molar-refractivity contribution is 1.18. The molecule has 14 rings (SSSR count). The Balaban J connectivity index is 1.03. The van der Waals surface area contributed by atoms with Gasteiger partial charge in [-0.2, -0.15) is 0 Å². The van der Waals surface area contributed by atoms with Crippen molar-refractivity contribution >= 4 is 87.6 Å². The van der Waals surface area contributed by atoms with Gasteiger partial charge in [0.15, 0.2) is 0 Å². The van der Waals surface area contributed by atoms with E-state index in [1.54, 1.807) is 0 Å². The van der Waals surface area contributed by atoms with E-state index in [4.69, 9.17) is 0 Å². The Kier molecular flexibility index (Phi) is 10.1. The van der Waals surface area contributed by atoms with E-state index in [2.05, 4.69) is 289 Å². The fourth-order valence-corrected chi connectivity index (χ4v) is 11.7. The Hall–Kier alpha value is -9.50. The highest BCUT2D eigenvalue weighted by atomic mass is 15.0. The van der Waals surface area contributed by atoms with Crippen LogP contribution in [-0.4, -0.2) is 9.13 Å². The number of allylic oxidation sites excluding steroid dienone is 3. The maximum absolute atomic E-state index is 2.46. The summed E-state index contributed by atoms with van der Waals surface area (Å²) in [5.74, 6) is 0. The second-order valence-corrected chi connectivity index (χ2v) is 19.3. The largest absolute Gasteiger partial charge is 0.309 e. The van der Waals surface area contributed by atoms with Crippen LogP contribution in [0.3, 0.4) is 0 Å². The van der Waals surface area contributed by atoms with Crippen LogP contribution < -0.4 is 0 Å². The van der Waals surface area contributed by atoms with E-state index in [0.717, 1.165) is 11.4 Å². The molecule has 0 N–H and O–H groups in total. The van der Waals surface area contributed by atoms with Gasteiger partial charge in [-0.05, 0) is 162 Å². The third kappa shape index (κ3) is 7.10. The minimum absolute atomic E-state index is 1.16. The van der Waals surface area contributed by atoms with Gasteiger partial charge in [0.2, 0.25) is 0 Å². The molecule has 0 saturated heterocycles. The number of fused-ring (bicyclic) bond motifs is 9. The molecular weight excluding hydrogens is 881 g/mol. The SMILES string of the molecule is C/C(=C\C=C/c1ccccc1)c1c2cc(-c3ccc4c(c3)c3ccccc3n4-c3ccccc3)ccc2c(-c2cccc3ccccc23)c2cc(-c3ccc4c(c3)c3ccccc3n4-c3ccccc3)ccc12. The molecule has 0 fully saturated rings. The van der Waals surface area contributed by atoms with Crippen molar-refractivity contribution in [2.24, 2.45) is 0 Å². The molecule has 0 aliphatic rings. The summed E-state index contributed by atoms with van der Waals surface area (Å²) in [6.45, 7) is 2.28. The van der Waals surface area contributed by atoms with Crippen LogP contribution in [0, 0.1) is 0 Å². The first-order chi connectivity index (χ1) is 36.1. The van der Waals surface area contributed by atoms with Gasteiger partial charge in [-0.3, -0.25) is 0 Å². The molecule has 2 heteroatoms. The summed E-state index contributed by atoms with van der Waals surface area (Å²) in [7, 11) is 0. The zero-order chi connectivity index (χ0) is 48.4. The quantitative estimate of drug-likeness (QED) is 0.106. The van der Waals surface area contributed by atoms with Crippen LogP contribution in [-0.2, 0) is 0 Å². The van der Waals surface area contributed by atoms with Crippen molar-refractivity contribution in [1.29, 1.82) is 0 Å². The lowest BCUT2D eigenvalue weighted by Gasteiger charge is -2.21. The maximum atomic E-state index is 2.46. The van der Waals surface area contributed by atoms with Crippen molar-refractivity contribution in [2.75, 3.05) is 0 Å². The molecule has 0 amide bonds. The molecule has 12 aromatic carbocycles. The van der Waals surface area contributed by atoms with Crippen molar-refractivity contribution < 1.29 is 0 Å². The topological polar surface area (TPSA) is 9.86 Å². The molecule has 0 aliphatic heterocycles. The molecule has 14 aromatic rings. The molecule has 0 radical (unpaired) electrons. The van der Waals surface area contributed by atoms with E-state index in [9.17, 15) is 0 Å². The highest BCUT2D eigenvalue weighted by molar-refractivity contribution is 6.23. The Morgan fingerprint density at radius 1 is 0.329 bits per heavy atom. The molecule has 2 nitrogen and oxygen atoms in total. The average Bonchev–Trinajstić information content (AvgIpc) is 3.98. The van der Waals surface area contributed by atoms with Crippen LogP contribution in [0.4, 0.5) is 0 Å². The maximum Gasteiger partial charge on any atom is 0.0541 e. The lowest BCUT2D eigenvalue weighted by atomic mass is 9.83. The Morgan fingerprint density at radius 3 is 1.38 bits per heavy atom. The summed E-state index contributed by atoms with van der Waals surface area (Å²) < 4.78 is 4.78. The van der Waals surface area contributed by atoms with Gasteiger partial charge in [0.1, 0.15) is 0 Å². The van der Waals surface area contributed by atoms with Crippen molar-refractivity contribution in [2.45, 2.75) is 6.92 Å². The zero-order valence-electron chi connectivity index (χ0n) is 40.4. The second-order valence-electron chi connectivity index (χ2n) is 19.3. The Labute approximate surface area is 424 Å². The lowest BCUT2D eigenvalue weighted by Crippen LogP contribution is -1.95. The van der Waals surface area contributed by atoms with Crippen LogP contribution in [0.5, 0.6) is 0 Å². The summed E-state index contributed by atoms with van der Waals surface area (Å²) in [6.07, 6.45) is 6.70. The smallest absolute Gasteiger partial charge is 0.0541 e. The predicted octanol–water partition coefficient (Wildman–Crippen LogP) is 19.5. The monoisotopic (exact) mass is 928 g/mol. The Bertz CT molecular complexity index is 4530. The molecule has 0 unspecified atom stereocenters. The number of rotatable bonds is 8. The summed E-state index contributed by atoms with van der Waals surface area (Å²) in [4.78, 5) is 0. The van der Waals surface area contributed by atoms with E-state index in [1.165, 1.54) is 126 Å². The van der Waals surface area contributed by atoms with Gasteiger partial charge < -0.3 is 9.13 Å². The second kappa shape index (κ2) is 17.4. The van der Waals surface area contributed by atoms with Crippen LogP contribution in [0.1, 0.15) is 18.1 Å². The molecule has 342 valence electrons. The average molecular weight is 929 g/mol. The third-order valence-electron chi connectivity index (χ3n) is 15.0. The summed E-state index contributed by atoms with van der Waals surface area (Å²) in [6, 6.07) is 93.6. The van der Waals surface area contributed by atoms with E-state index in [1.807, 2.05) is 0 Å². The van der Waals surface area contributed by atoms with Crippen molar-refractivity contribution in [3.8, 4) is 44.8 Å². The third-order valence-corrected chi connectivity index (χ3v) is 15.0. The molecule has 0 saturated carbocycles. The van der Waals surface area contributed by atoms with Crippen molar-refractivity contribution in [3.63, 3.8) is 0 Å². The van der Waals surface area contributed by atoms with Gasteiger partial charge >= 0.3 is 0 Å². The number of hydrogen-bond acceptors (Lipinski definition) is 0. The molecular formula is C71H48N2. The highest BCUT2D eigenvalue weighted by Crippen LogP contribution is 2.47. The van der Waals surface area contributed by atoms with Crippen molar-refractivity contribution in [1.82, 2.24) is 9.13 Å². The van der Waals surface area contributed by atoms with Gasteiger partial charge in [-0.15, -0.1) is 0 Å². The van der Waals surface area contributed by atoms with E-state index in [-0.39, 0.29) is 0 Å². The number of hydrogen-bond donors (Lipinski definition) is 0. The molecule has 0 aliphatic carbocycles. The number of para-hydroxylation sites is 4. The fraction of sp³-hybridized carbons (Fsp3) is 0.0141. The standard InChI is InChI=1S/C71H48N2/c1-47(19-17-22-48-20-5-2-6-21-48)70-60-39-35-51(53-38-42-69-63(44-53)58-31-14-16-34-67(58)73(69)55-27-9-4-10-28-55)46-65(60)71(59-32-18-24-49-23-11-12-29-56(49)59)61-40-36-50(45-64(61)70)52-37-41-68-62(43-52)57-30-13-15-33-66(57)72(68)54-25-7-3-8-26-54/h2-46H,1H3/b22-17-,47-19+. The van der Waals surface area contributed by atoms with E-state index in [0.29, 0.717) is 0 Å². The first-order valence-corrected chi connectivity index (χ1v) is 25.2. The van der Waals surface area contributed by atoms with Gasteiger partial charge in [0.25, 0.3) is 0 Å². The Morgan fingerprint density at radius 2 is 0.781 bits per heavy atom. The molecule has 0 spiro atoms. The van der Waals surface area contributed by atoms with Gasteiger partial charge in [0, 0.05) is 32.9 Å². The normalized spacial score (nSPS) is 12.2. The number of benzene rings is 12. The van der Waals surface area contributed by atoms with Gasteiger partial charge in [-0.25, -0.2) is 0 Å². The van der Waals surface area contributed by atoms with Gasteiger partial charge in [0.05, 0.1) is 22.1 Å². The summed E-state index contributed by atoms with van der Waals surface area (Å²) in [5.41, 5.74) is 18.0. The predicted molar refractivity (Wildman–Crippen MR) is 313 cm³/mol.